The van der Waals surface area contributed by atoms with Gasteiger partial charge in [-0.05, 0) is 24.5 Å². The maximum absolute atomic E-state index is 6.00. The van der Waals surface area contributed by atoms with E-state index in [1.807, 2.05) is 24.5 Å². The number of rotatable bonds is 4. The summed E-state index contributed by atoms with van der Waals surface area (Å²) in [5.41, 5.74) is 9.44. The first kappa shape index (κ1) is 12.7. The number of hydrogen-bond acceptors (Lipinski definition) is 3. The summed E-state index contributed by atoms with van der Waals surface area (Å²) >= 11 is 0. The van der Waals surface area contributed by atoms with E-state index in [0.717, 1.165) is 24.2 Å². The molecule has 18 heavy (non-hydrogen) atoms. The monoisotopic (exact) mass is 241 g/mol. The Morgan fingerprint density at radius 3 is 2.44 bits per heavy atom. The van der Waals surface area contributed by atoms with E-state index in [9.17, 15) is 0 Å². The van der Waals surface area contributed by atoms with E-state index in [1.165, 1.54) is 11.1 Å². The fraction of sp³-hybridized carbons (Fsp3) is 0.333. The first-order valence-corrected chi connectivity index (χ1v) is 6.36. The first-order chi connectivity index (χ1) is 8.72. The molecule has 1 aromatic heterocycles. The number of hydrogen-bond donors (Lipinski definition) is 1. The van der Waals surface area contributed by atoms with E-state index in [4.69, 9.17) is 5.73 Å². The standard InChI is InChI=1S/C15H19N3/c1-3-6-14(16)15-17-9-12(10-18-15)13-8-5-4-7-11(13)2/h4-5,7-10,14H,3,6,16H2,1-2H3. The average molecular weight is 241 g/mol. The number of nitrogens with two attached hydrogens (primary N) is 1. The minimum absolute atomic E-state index is 0.0547. The third-order valence-electron chi connectivity index (χ3n) is 3.06. The lowest BCUT2D eigenvalue weighted by Gasteiger charge is -2.10. The van der Waals surface area contributed by atoms with Crippen molar-refractivity contribution in [3.63, 3.8) is 0 Å². The molecule has 0 aliphatic heterocycles. The van der Waals surface area contributed by atoms with Gasteiger partial charge in [0.05, 0.1) is 6.04 Å². The molecule has 0 bridgehead atoms. The molecule has 1 heterocycles. The Labute approximate surface area is 108 Å². The fourth-order valence-electron chi connectivity index (χ4n) is 2.01. The second kappa shape index (κ2) is 5.74. The summed E-state index contributed by atoms with van der Waals surface area (Å²) < 4.78 is 0. The van der Waals surface area contributed by atoms with E-state index in [2.05, 4.69) is 35.9 Å². The Balaban J connectivity index is 2.25. The van der Waals surface area contributed by atoms with Crippen LogP contribution < -0.4 is 5.73 Å². The Morgan fingerprint density at radius 1 is 1.17 bits per heavy atom. The van der Waals surface area contributed by atoms with Gasteiger partial charge in [-0.1, -0.05) is 37.6 Å². The van der Waals surface area contributed by atoms with Crippen molar-refractivity contribution >= 4 is 0 Å². The van der Waals surface area contributed by atoms with Crippen LogP contribution in [0.3, 0.4) is 0 Å². The second-order valence-corrected chi connectivity index (χ2v) is 4.54. The van der Waals surface area contributed by atoms with Gasteiger partial charge in [0, 0.05) is 18.0 Å². The summed E-state index contributed by atoms with van der Waals surface area (Å²) in [4.78, 5) is 8.76. The van der Waals surface area contributed by atoms with Gasteiger partial charge in [-0.3, -0.25) is 0 Å². The largest absolute Gasteiger partial charge is 0.321 e. The number of benzene rings is 1. The molecule has 3 heteroatoms. The Bertz CT molecular complexity index is 505. The van der Waals surface area contributed by atoms with E-state index in [-0.39, 0.29) is 6.04 Å². The molecular weight excluding hydrogens is 222 g/mol. The maximum atomic E-state index is 6.00. The van der Waals surface area contributed by atoms with Crippen molar-refractivity contribution in [2.24, 2.45) is 5.73 Å². The summed E-state index contributed by atoms with van der Waals surface area (Å²) in [6, 6.07) is 8.18. The fourth-order valence-corrected chi connectivity index (χ4v) is 2.01. The zero-order valence-electron chi connectivity index (χ0n) is 10.9. The molecule has 0 radical (unpaired) electrons. The van der Waals surface area contributed by atoms with Gasteiger partial charge in [0.15, 0.2) is 0 Å². The smallest absolute Gasteiger partial charge is 0.144 e. The lowest BCUT2D eigenvalue weighted by atomic mass is 10.0. The molecule has 2 aromatic rings. The van der Waals surface area contributed by atoms with Crippen LogP contribution in [0.4, 0.5) is 0 Å². The van der Waals surface area contributed by atoms with Crippen LogP contribution in [0, 0.1) is 6.92 Å². The van der Waals surface area contributed by atoms with E-state index < -0.39 is 0 Å². The molecule has 94 valence electrons. The maximum Gasteiger partial charge on any atom is 0.144 e. The van der Waals surface area contributed by atoms with Gasteiger partial charge < -0.3 is 5.73 Å². The molecule has 0 aliphatic carbocycles. The van der Waals surface area contributed by atoms with Crippen LogP contribution in [-0.2, 0) is 0 Å². The molecule has 1 unspecified atom stereocenters. The predicted octanol–water partition coefficient (Wildman–Crippen LogP) is 3.25. The molecule has 2 rings (SSSR count). The normalized spacial score (nSPS) is 12.4. The van der Waals surface area contributed by atoms with Gasteiger partial charge in [0.1, 0.15) is 5.82 Å². The lowest BCUT2D eigenvalue weighted by molar-refractivity contribution is 0.602. The van der Waals surface area contributed by atoms with Crippen LogP contribution in [0.25, 0.3) is 11.1 Å². The molecule has 2 N–H and O–H groups in total. The van der Waals surface area contributed by atoms with Crippen LogP contribution >= 0.6 is 0 Å². The van der Waals surface area contributed by atoms with Crippen molar-refractivity contribution < 1.29 is 0 Å². The Morgan fingerprint density at radius 2 is 1.83 bits per heavy atom. The molecule has 1 aromatic carbocycles. The third-order valence-corrected chi connectivity index (χ3v) is 3.06. The number of aromatic nitrogens is 2. The SMILES string of the molecule is CCCC(N)c1ncc(-c2ccccc2C)cn1. The van der Waals surface area contributed by atoms with Crippen molar-refractivity contribution in [1.29, 1.82) is 0 Å². The van der Waals surface area contributed by atoms with Crippen LogP contribution in [0.5, 0.6) is 0 Å². The highest BCUT2D eigenvalue weighted by atomic mass is 14.9. The van der Waals surface area contributed by atoms with Crippen LogP contribution in [0.15, 0.2) is 36.7 Å². The highest BCUT2D eigenvalue weighted by Crippen LogP contribution is 2.22. The molecule has 1 atom stereocenters. The van der Waals surface area contributed by atoms with Gasteiger partial charge in [0.25, 0.3) is 0 Å². The summed E-state index contributed by atoms with van der Waals surface area (Å²) in [5.74, 6) is 0.731. The van der Waals surface area contributed by atoms with Gasteiger partial charge >= 0.3 is 0 Å². The molecule has 0 spiro atoms. The van der Waals surface area contributed by atoms with Crippen LogP contribution in [0.1, 0.15) is 37.2 Å². The number of nitrogens with zero attached hydrogens (tertiary/aromatic N) is 2. The summed E-state index contributed by atoms with van der Waals surface area (Å²) in [6.45, 7) is 4.20. The Kier molecular flexibility index (Phi) is 4.05. The van der Waals surface area contributed by atoms with Crippen molar-refractivity contribution in [1.82, 2.24) is 9.97 Å². The topological polar surface area (TPSA) is 51.8 Å². The predicted molar refractivity (Wildman–Crippen MR) is 74.0 cm³/mol. The van der Waals surface area contributed by atoms with Crippen molar-refractivity contribution in [3.8, 4) is 11.1 Å². The molecule has 0 aliphatic rings. The van der Waals surface area contributed by atoms with Gasteiger partial charge in [-0.15, -0.1) is 0 Å². The summed E-state index contributed by atoms with van der Waals surface area (Å²) in [6.07, 6.45) is 5.69. The molecule has 0 saturated carbocycles. The molecule has 0 fully saturated rings. The summed E-state index contributed by atoms with van der Waals surface area (Å²) in [5, 5.41) is 0. The Hall–Kier alpha value is -1.74. The number of aryl methyl sites for hydroxylation is 1. The lowest BCUT2D eigenvalue weighted by Crippen LogP contribution is -2.13. The zero-order valence-corrected chi connectivity index (χ0v) is 10.9. The van der Waals surface area contributed by atoms with E-state index >= 15 is 0 Å². The molecule has 0 amide bonds. The van der Waals surface area contributed by atoms with Crippen molar-refractivity contribution in [2.75, 3.05) is 0 Å². The van der Waals surface area contributed by atoms with Crippen molar-refractivity contribution in [3.05, 3.63) is 48.0 Å². The minimum atomic E-state index is -0.0547. The summed E-state index contributed by atoms with van der Waals surface area (Å²) in [7, 11) is 0. The quantitative estimate of drug-likeness (QED) is 0.894. The van der Waals surface area contributed by atoms with Gasteiger partial charge in [-0.2, -0.15) is 0 Å². The average Bonchev–Trinajstić information content (AvgIpc) is 2.40. The van der Waals surface area contributed by atoms with Crippen LogP contribution in [-0.4, -0.2) is 9.97 Å². The van der Waals surface area contributed by atoms with Crippen molar-refractivity contribution in [2.45, 2.75) is 32.7 Å². The zero-order chi connectivity index (χ0) is 13.0. The van der Waals surface area contributed by atoms with Gasteiger partial charge in [0.2, 0.25) is 0 Å². The molecule has 0 saturated heterocycles. The second-order valence-electron chi connectivity index (χ2n) is 4.54. The van der Waals surface area contributed by atoms with E-state index in [0.29, 0.717) is 0 Å². The third kappa shape index (κ3) is 2.74. The highest BCUT2D eigenvalue weighted by Gasteiger charge is 2.08. The molecular formula is C15H19N3. The molecule has 3 nitrogen and oxygen atoms in total. The first-order valence-electron chi connectivity index (χ1n) is 6.36. The van der Waals surface area contributed by atoms with Crippen LogP contribution in [0.2, 0.25) is 0 Å². The van der Waals surface area contributed by atoms with E-state index in [1.54, 1.807) is 0 Å². The minimum Gasteiger partial charge on any atom is -0.321 e. The van der Waals surface area contributed by atoms with Gasteiger partial charge in [-0.25, -0.2) is 9.97 Å². The highest BCUT2D eigenvalue weighted by molar-refractivity contribution is 5.65.